The minimum Gasteiger partial charge on any atom is -0.311 e. The summed E-state index contributed by atoms with van der Waals surface area (Å²) in [4.78, 5) is 10.3. The van der Waals surface area contributed by atoms with Crippen molar-refractivity contribution in [2.75, 3.05) is 7.05 Å². The Hall–Kier alpha value is -1.86. The van der Waals surface area contributed by atoms with Gasteiger partial charge in [0.2, 0.25) is 0 Å². The number of nitrogens with zero attached hydrogens (tertiary/aromatic N) is 3. The smallest absolute Gasteiger partial charge is 0.269 e. The summed E-state index contributed by atoms with van der Waals surface area (Å²) >= 11 is 1.49. The molecule has 1 heterocycles. The lowest BCUT2D eigenvalue weighted by Crippen LogP contribution is -2.11. The highest BCUT2D eigenvalue weighted by Gasteiger charge is 2.15. The summed E-state index contributed by atoms with van der Waals surface area (Å²) in [6.45, 7) is 3.85. The lowest BCUT2D eigenvalue weighted by atomic mass is 10.1. The summed E-state index contributed by atoms with van der Waals surface area (Å²) in [6.07, 6.45) is 0. The molecule has 0 aliphatic rings. The van der Waals surface area contributed by atoms with E-state index in [2.05, 4.69) is 15.5 Å². The average molecular weight is 278 g/mol. The minimum absolute atomic E-state index is 0.0922. The lowest BCUT2D eigenvalue weighted by molar-refractivity contribution is -0.384. The molecule has 0 aliphatic carbocycles. The molecule has 6 nitrogen and oxygen atoms in total. The van der Waals surface area contributed by atoms with Gasteiger partial charge in [-0.1, -0.05) is 11.3 Å². The lowest BCUT2D eigenvalue weighted by Gasteiger charge is -2.03. The molecule has 0 saturated carbocycles. The Morgan fingerprint density at radius 3 is 2.74 bits per heavy atom. The van der Waals surface area contributed by atoms with Crippen LogP contribution in [-0.2, 0) is 0 Å². The topological polar surface area (TPSA) is 81.0 Å². The van der Waals surface area contributed by atoms with E-state index in [0.29, 0.717) is 0 Å². The number of benzene rings is 1. The van der Waals surface area contributed by atoms with Gasteiger partial charge in [-0.3, -0.25) is 10.1 Å². The van der Waals surface area contributed by atoms with E-state index in [-0.39, 0.29) is 11.7 Å². The van der Waals surface area contributed by atoms with Gasteiger partial charge in [-0.05, 0) is 32.5 Å². The van der Waals surface area contributed by atoms with Crippen LogP contribution in [0.25, 0.3) is 10.6 Å². The molecule has 0 aliphatic heterocycles. The second kappa shape index (κ2) is 5.41. The summed E-state index contributed by atoms with van der Waals surface area (Å²) < 4.78 is 0. The van der Waals surface area contributed by atoms with Crippen molar-refractivity contribution in [1.29, 1.82) is 0 Å². The zero-order chi connectivity index (χ0) is 14.0. The molecular formula is C12H14N4O2S. The molecular weight excluding hydrogens is 264 g/mol. The number of aryl methyl sites for hydroxylation is 1. The van der Waals surface area contributed by atoms with E-state index < -0.39 is 4.92 Å². The van der Waals surface area contributed by atoms with Crippen molar-refractivity contribution in [3.8, 4) is 10.6 Å². The number of hydrogen-bond acceptors (Lipinski definition) is 6. The van der Waals surface area contributed by atoms with Crippen LogP contribution in [0.1, 0.15) is 23.5 Å². The van der Waals surface area contributed by atoms with Crippen molar-refractivity contribution < 1.29 is 4.92 Å². The Kier molecular flexibility index (Phi) is 3.87. The normalized spacial score (nSPS) is 12.4. The molecule has 19 heavy (non-hydrogen) atoms. The molecule has 0 fully saturated rings. The van der Waals surface area contributed by atoms with Gasteiger partial charge in [0.25, 0.3) is 5.69 Å². The third-order valence-electron chi connectivity index (χ3n) is 2.90. The van der Waals surface area contributed by atoms with Gasteiger partial charge in [-0.15, -0.1) is 10.2 Å². The first kappa shape index (κ1) is 13.6. The van der Waals surface area contributed by atoms with Crippen molar-refractivity contribution in [1.82, 2.24) is 15.5 Å². The zero-order valence-electron chi connectivity index (χ0n) is 10.9. The molecule has 100 valence electrons. The minimum atomic E-state index is -0.397. The van der Waals surface area contributed by atoms with E-state index in [4.69, 9.17) is 0 Å². The van der Waals surface area contributed by atoms with Crippen molar-refractivity contribution in [2.45, 2.75) is 19.9 Å². The molecule has 1 unspecified atom stereocenters. The molecule has 1 aromatic carbocycles. The summed E-state index contributed by atoms with van der Waals surface area (Å²) in [7, 11) is 1.86. The van der Waals surface area contributed by atoms with Crippen LogP contribution >= 0.6 is 11.3 Å². The highest BCUT2D eigenvalue weighted by molar-refractivity contribution is 7.14. The van der Waals surface area contributed by atoms with Crippen LogP contribution in [0.5, 0.6) is 0 Å². The fourth-order valence-corrected chi connectivity index (χ4v) is 2.64. The molecule has 2 aromatic rings. The number of rotatable bonds is 4. The van der Waals surface area contributed by atoms with Gasteiger partial charge in [0, 0.05) is 17.7 Å². The molecule has 0 amide bonds. The quantitative estimate of drug-likeness (QED) is 0.687. The Balaban J connectivity index is 2.37. The van der Waals surface area contributed by atoms with Crippen molar-refractivity contribution in [2.24, 2.45) is 0 Å². The zero-order valence-corrected chi connectivity index (χ0v) is 11.7. The van der Waals surface area contributed by atoms with Gasteiger partial charge in [-0.25, -0.2) is 0 Å². The van der Waals surface area contributed by atoms with Crippen LogP contribution in [0.3, 0.4) is 0 Å². The largest absolute Gasteiger partial charge is 0.311 e. The Labute approximate surface area is 114 Å². The maximum absolute atomic E-state index is 10.7. The fraction of sp³-hybridized carbons (Fsp3) is 0.333. The molecule has 7 heteroatoms. The van der Waals surface area contributed by atoms with Crippen molar-refractivity contribution in [3.63, 3.8) is 0 Å². The molecule has 0 bridgehead atoms. The number of nitrogens with one attached hydrogen (secondary N) is 1. The van der Waals surface area contributed by atoms with Gasteiger partial charge in [0.1, 0.15) is 10.0 Å². The molecule has 0 radical (unpaired) electrons. The maximum atomic E-state index is 10.7. The SMILES string of the molecule is CNC(C)c1nnc(-c2ccc([N+](=O)[O-])cc2C)s1. The number of nitro benzene ring substituents is 1. The maximum Gasteiger partial charge on any atom is 0.269 e. The van der Waals surface area contributed by atoms with Crippen LogP contribution in [0.15, 0.2) is 18.2 Å². The fourth-order valence-electron chi connectivity index (χ4n) is 1.64. The van der Waals surface area contributed by atoms with Gasteiger partial charge < -0.3 is 5.32 Å². The molecule has 2 rings (SSSR count). The highest BCUT2D eigenvalue weighted by atomic mass is 32.1. The molecule has 1 atom stereocenters. The predicted molar refractivity (Wildman–Crippen MR) is 74.2 cm³/mol. The molecule has 1 aromatic heterocycles. The van der Waals surface area contributed by atoms with E-state index in [1.54, 1.807) is 12.1 Å². The first-order valence-corrected chi connectivity index (χ1v) is 6.60. The number of aromatic nitrogens is 2. The van der Waals surface area contributed by atoms with Gasteiger partial charge in [-0.2, -0.15) is 0 Å². The average Bonchev–Trinajstić information content (AvgIpc) is 2.87. The van der Waals surface area contributed by atoms with E-state index in [9.17, 15) is 10.1 Å². The van der Waals surface area contributed by atoms with Crippen LogP contribution in [0.2, 0.25) is 0 Å². The van der Waals surface area contributed by atoms with E-state index in [0.717, 1.165) is 21.1 Å². The summed E-state index contributed by atoms with van der Waals surface area (Å²) in [5, 5.41) is 23.8. The third kappa shape index (κ3) is 2.77. The van der Waals surface area contributed by atoms with Crippen molar-refractivity contribution >= 4 is 17.0 Å². The first-order chi connectivity index (χ1) is 9.02. The van der Waals surface area contributed by atoms with Crippen LogP contribution in [0.4, 0.5) is 5.69 Å². The molecule has 1 N–H and O–H groups in total. The second-order valence-electron chi connectivity index (χ2n) is 4.21. The Bertz CT molecular complexity index is 612. The van der Waals surface area contributed by atoms with E-state index in [1.165, 1.54) is 17.4 Å². The Morgan fingerprint density at radius 2 is 2.16 bits per heavy atom. The van der Waals surface area contributed by atoms with Gasteiger partial charge >= 0.3 is 0 Å². The predicted octanol–water partition coefficient (Wildman–Crippen LogP) is 2.70. The monoisotopic (exact) mass is 278 g/mol. The van der Waals surface area contributed by atoms with Crippen LogP contribution in [-0.4, -0.2) is 22.2 Å². The summed E-state index contributed by atoms with van der Waals surface area (Å²) in [6, 6.07) is 4.91. The van der Waals surface area contributed by atoms with E-state index in [1.807, 2.05) is 20.9 Å². The standard InChI is InChI=1S/C12H14N4O2S/c1-7-6-9(16(17)18)4-5-10(7)12-15-14-11(19-12)8(2)13-3/h4-6,8,13H,1-3H3. The van der Waals surface area contributed by atoms with Crippen LogP contribution in [0, 0.1) is 17.0 Å². The molecule has 0 saturated heterocycles. The summed E-state index contributed by atoms with van der Waals surface area (Å²) in [5.74, 6) is 0. The molecule has 0 spiro atoms. The first-order valence-electron chi connectivity index (χ1n) is 5.79. The van der Waals surface area contributed by atoms with E-state index >= 15 is 0 Å². The third-order valence-corrected chi connectivity index (χ3v) is 4.03. The van der Waals surface area contributed by atoms with Crippen LogP contribution < -0.4 is 5.32 Å². The van der Waals surface area contributed by atoms with Gasteiger partial charge in [0.05, 0.1) is 11.0 Å². The van der Waals surface area contributed by atoms with Gasteiger partial charge in [0.15, 0.2) is 0 Å². The second-order valence-corrected chi connectivity index (χ2v) is 5.22. The van der Waals surface area contributed by atoms with Crippen molar-refractivity contribution in [3.05, 3.63) is 38.9 Å². The Morgan fingerprint density at radius 1 is 1.42 bits per heavy atom. The summed E-state index contributed by atoms with van der Waals surface area (Å²) in [5.41, 5.74) is 1.81. The number of non-ortho nitro benzene ring substituents is 1. The number of hydrogen-bond donors (Lipinski definition) is 1. The highest BCUT2D eigenvalue weighted by Crippen LogP contribution is 2.30. The number of nitro groups is 1.